The first-order valence-electron chi connectivity index (χ1n) is 3.39. The summed E-state index contributed by atoms with van der Waals surface area (Å²) in [6.45, 7) is 5.07. The van der Waals surface area contributed by atoms with Crippen molar-refractivity contribution in [1.82, 2.24) is 0 Å². The maximum Gasteiger partial charge on any atom is 0.338 e. The zero-order valence-electron chi connectivity index (χ0n) is 6.42. The molecule has 0 aliphatic carbocycles. The molecule has 3 nitrogen and oxygen atoms in total. The first-order valence-corrected chi connectivity index (χ1v) is 3.39. The number of esters is 1. The Kier molecular flexibility index (Phi) is 1.47. The number of cyclic esters (lactones) is 1. The number of hydrogen-bond donors (Lipinski definition) is 1. The van der Waals surface area contributed by atoms with Gasteiger partial charge >= 0.3 is 5.97 Å². The molecule has 0 aromatic rings. The van der Waals surface area contributed by atoms with Crippen LogP contribution in [-0.4, -0.2) is 22.8 Å². The van der Waals surface area contributed by atoms with Gasteiger partial charge in [0.2, 0.25) is 0 Å². The van der Waals surface area contributed by atoms with E-state index in [0.29, 0.717) is 0 Å². The van der Waals surface area contributed by atoms with Gasteiger partial charge in [-0.15, -0.1) is 0 Å². The van der Waals surface area contributed by atoms with Crippen molar-refractivity contribution in [3.05, 3.63) is 0 Å². The molecule has 3 atom stereocenters. The van der Waals surface area contributed by atoms with Crippen molar-refractivity contribution >= 4 is 5.97 Å². The van der Waals surface area contributed by atoms with E-state index in [1.807, 2.05) is 0 Å². The normalized spacial score (nSPS) is 47.4. The summed E-state index contributed by atoms with van der Waals surface area (Å²) in [4.78, 5) is 10.8. The van der Waals surface area contributed by atoms with E-state index in [2.05, 4.69) is 0 Å². The van der Waals surface area contributed by atoms with E-state index in [0.717, 1.165) is 0 Å². The summed E-state index contributed by atoms with van der Waals surface area (Å²) in [5, 5.41) is 9.43. The molecule has 1 aliphatic heterocycles. The van der Waals surface area contributed by atoms with E-state index in [-0.39, 0.29) is 12.0 Å². The molecule has 0 spiro atoms. The van der Waals surface area contributed by atoms with E-state index in [1.54, 1.807) is 13.8 Å². The van der Waals surface area contributed by atoms with Gasteiger partial charge in [0, 0.05) is 5.92 Å². The molecule has 3 heteroatoms. The number of carbonyl (C=O) groups excluding carboxylic acids is 1. The molecule has 0 aromatic carbocycles. The summed E-state index contributed by atoms with van der Waals surface area (Å²) in [7, 11) is 0. The molecule has 1 heterocycles. The number of rotatable bonds is 0. The fraction of sp³-hybridized carbons (Fsp3) is 0.857. The standard InChI is InChI=1S/C7H12O3/c1-4-5(2)10-6(8)7(4,3)9/h4-5,9H,1-3H3/t4-,5+,7-/m1/s1. The van der Waals surface area contributed by atoms with Crippen molar-refractivity contribution in [3.63, 3.8) is 0 Å². The van der Waals surface area contributed by atoms with Gasteiger partial charge in [-0.1, -0.05) is 6.92 Å². The second-order valence-electron chi connectivity index (χ2n) is 3.05. The quantitative estimate of drug-likeness (QED) is 0.498. The fourth-order valence-electron chi connectivity index (χ4n) is 1.03. The van der Waals surface area contributed by atoms with Crippen molar-refractivity contribution in [2.24, 2.45) is 5.92 Å². The van der Waals surface area contributed by atoms with Crippen LogP contribution in [-0.2, 0) is 9.53 Å². The third-order valence-electron chi connectivity index (χ3n) is 2.30. The zero-order chi connectivity index (χ0) is 7.94. The van der Waals surface area contributed by atoms with Gasteiger partial charge in [-0.2, -0.15) is 0 Å². The molecule has 0 bridgehead atoms. The summed E-state index contributed by atoms with van der Waals surface area (Å²) in [6.07, 6.45) is -0.164. The highest BCUT2D eigenvalue weighted by Crippen LogP contribution is 2.30. The minimum absolute atomic E-state index is 0.111. The van der Waals surface area contributed by atoms with Crippen LogP contribution in [0.25, 0.3) is 0 Å². The molecule has 0 unspecified atom stereocenters. The van der Waals surface area contributed by atoms with Gasteiger partial charge in [-0.25, -0.2) is 4.79 Å². The molecular weight excluding hydrogens is 132 g/mol. The lowest BCUT2D eigenvalue weighted by Crippen LogP contribution is -2.36. The van der Waals surface area contributed by atoms with Crippen molar-refractivity contribution in [2.75, 3.05) is 0 Å². The average Bonchev–Trinajstić information content (AvgIpc) is 1.97. The van der Waals surface area contributed by atoms with Gasteiger partial charge in [0.1, 0.15) is 6.10 Å². The van der Waals surface area contributed by atoms with Crippen LogP contribution < -0.4 is 0 Å². The van der Waals surface area contributed by atoms with Gasteiger partial charge < -0.3 is 9.84 Å². The summed E-state index contributed by atoms with van der Waals surface area (Å²) in [5.41, 5.74) is -1.28. The Morgan fingerprint density at radius 1 is 1.60 bits per heavy atom. The maximum absolute atomic E-state index is 10.8. The fourth-order valence-corrected chi connectivity index (χ4v) is 1.03. The first-order chi connectivity index (χ1) is 4.46. The molecule has 0 aromatic heterocycles. The summed E-state index contributed by atoms with van der Waals surface area (Å²) < 4.78 is 4.80. The smallest absolute Gasteiger partial charge is 0.338 e. The van der Waals surface area contributed by atoms with E-state index >= 15 is 0 Å². The molecule has 0 amide bonds. The number of carbonyl (C=O) groups is 1. The maximum atomic E-state index is 10.8. The lowest BCUT2D eigenvalue weighted by Gasteiger charge is -2.16. The van der Waals surface area contributed by atoms with E-state index in [4.69, 9.17) is 4.74 Å². The van der Waals surface area contributed by atoms with Crippen LogP contribution in [0.4, 0.5) is 0 Å². The van der Waals surface area contributed by atoms with Gasteiger partial charge in [-0.05, 0) is 13.8 Å². The van der Waals surface area contributed by atoms with E-state index in [1.165, 1.54) is 6.92 Å². The molecule has 10 heavy (non-hydrogen) atoms. The topological polar surface area (TPSA) is 46.5 Å². The van der Waals surface area contributed by atoms with Gasteiger partial charge in [0.05, 0.1) is 0 Å². The Morgan fingerprint density at radius 2 is 2.10 bits per heavy atom. The Labute approximate surface area is 60.0 Å². The minimum Gasteiger partial charge on any atom is -0.460 e. The molecule has 1 N–H and O–H groups in total. The second kappa shape index (κ2) is 1.95. The third kappa shape index (κ3) is 0.814. The predicted octanol–water partition coefficient (Wildman–Crippen LogP) is 0.319. The molecule has 58 valence electrons. The van der Waals surface area contributed by atoms with Crippen molar-refractivity contribution in [2.45, 2.75) is 32.5 Å². The van der Waals surface area contributed by atoms with Gasteiger partial charge in [0.15, 0.2) is 5.60 Å². The molecule has 1 saturated heterocycles. The number of hydrogen-bond acceptors (Lipinski definition) is 3. The Morgan fingerprint density at radius 3 is 2.20 bits per heavy atom. The highest BCUT2D eigenvalue weighted by Gasteiger charge is 2.48. The van der Waals surface area contributed by atoms with Gasteiger partial charge in [-0.3, -0.25) is 0 Å². The predicted molar refractivity (Wildman–Crippen MR) is 35.3 cm³/mol. The van der Waals surface area contributed by atoms with Crippen LogP contribution in [0.3, 0.4) is 0 Å². The van der Waals surface area contributed by atoms with Gasteiger partial charge in [0.25, 0.3) is 0 Å². The van der Waals surface area contributed by atoms with Crippen LogP contribution in [0.15, 0.2) is 0 Å². The monoisotopic (exact) mass is 144 g/mol. The average molecular weight is 144 g/mol. The van der Waals surface area contributed by atoms with Crippen molar-refractivity contribution in [1.29, 1.82) is 0 Å². The highest BCUT2D eigenvalue weighted by molar-refractivity contribution is 5.81. The first kappa shape index (κ1) is 7.54. The Bertz CT molecular complexity index is 162. The van der Waals surface area contributed by atoms with Crippen LogP contribution in [0.2, 0.25) is 0 Å². The Hall–Kier alpha value is -0.570. The summed E-state index contributed by atoms with van der Waals surface area (Å²) in [5.74, 6) is -0.618. The summed E-state index contributed by atoms with van der Waals surface area (Å²) in [6, 6.07) is 0. The molecule has 1 rings (SSSR count). The highest BCUT2D eigenvalue weighted by atomic mass is 16.6. The van der Waals surface area contributed by atoms with Crippen LogP contribution in [0.5, 0.6) is 0 Å². The molecular formula is C7H12O3. The second-order valence-corrected chi connectivity index (χ2v) is 3.05. The molecule has 0 saturated carbocycles. The number of ether oxygens (including phenoxy) is 1. The lowest BCUT2D eigenvalue weighted by molar-refractivity contribution is -0.153. The minimum atomic E-state index is -1.28. The van der Waals surface area contributed by atoms with Crippen LogP contribution in [0, 0.1) is 5.92 Å². The molecule has 0 radical (unpaired) electrons. The van der Waals surface area contributed by atoms with E-state index < -0.39 is 11.6 Å². The van der Waals surface area contributed by atoms with Crippen LogP contribution >= 0.6 is 0 Å². The van der Waals surface area contributed by atoms with Crippen molar-refractivity contribution < 1.29 is 14.6 Å². The van der Waals surface area contributed by atoms with Crippen LogP contribution in [0.1, 0.15) is 20.8 Å². The van der Waals surface area contributed by atoms with Crippen molar-refractivity contribution in [3.8, 4) is 0 Å². The SMILES string of the molecule is C[C@@H]1OC(=O)[C@](C)(O)[C@@H]1C. The lowest BCUT2D eigenvalue weighted by atomic mass is 9.90. The Balaban J connectivity index is 2.85. The molecule has 1 aliphatic rings. The molecule has 1 fully saturated rings. The van der Waals surface area contributed by atoms with E-state index in [9.17, 15) is 9.90 Å². The zero-order valence-corrected chi connectivity index (χ0v) is 6.42. The largest absolute Gasteiger partial charge is 0.460 e. The summed E-state index contributed by atoms with van der Waals surface area (Å²) >= 11 is 0. The number of aliphatic hydroxyl groups is 1. The third-order valence-corrected chi connectivity index (χ3v) is 2.30.